The number of aliphatic hydroxyl groups is 1. The summed E-state index contributed by atoms with van der Waals surface area (Å²) in [6, 6.07) is -3.60. The lowest BCUT2D eigenvalue weighted by Gasteiger charge is -2.27. The molecule has 2 saturated heterocycles. The first-order chi connectivity index (χ1) is 53.5. The Morgan fingerprint density at radius 3 is 1.03 bits per heavy atom. The lowest BCUT2D eigenvalue weighted by molar-refractivity contribution is -0.232. The van der Waals surface area contributed by atoms with E-state index in [0.717, 1.165) is 24.2 Å². The fraction of sp³-hybridized carbons (Fsp3) is 0.833. The number of nitrogens with two attached hydrogens (primary N) is 1. The molecule has 10 atom stereocenters. The van der Waals surface area contributed by atoms with Gasteiger partial charge in [0.2, 0.25) is 0 Å². The van der Waals surface area contributed by atoms with Gasteiger partial charge in [0, 0.05) is 19.9 Å². The van der Waals surface area contributed by atoms with Crippen LogP contribution in [0.3, 0.4) is 0 Å². The number of nitrogens with one attached hydrogen (secondary N) is 6. The lowest BCUT2D eigenvalue weighted by Crippen LogP contribution is -2.49. The Hall–Kier alpha value is -8.16. The second-order valence-corrected chi connectivity index (χ2v) is 37.6. The van der Waals surface area contributed by atoms with Crippen molar-refractivity contribution in [2.24, 2.45) is 47.2 Å². The van der Waals surface area contributed by atoms with Gasteiger partial charge in [-0.05, 0) is 237 Å². The Morgan fingerprint density at radius 2 is 0.771 bits per heavy atom. The van der Waals surface area contributed by atoms with Gasteiger partial charge in [-0.25, -0.2) is 38.6 Å². The molecule has 0 bridgehead atoms. The number of carbonyl (C=O) groups excluding carboxylic acids is 10. The topological polar surface area (TPSA) is 468 Å². The summed E-state index contributed by atoms with van der Waals surface area (Å²) in [6.07, 6.45) is 4.45. The Morgan fingerprint density at radius 1 is 0.466 bits per heavy atom. The van der Waals surface area contributed by atoms with Crippen LogP contribution in [0.5, 0.6) is 0 Å². The highest BCUT2D eigenvalue weighted by Gasteiger charge is 2.36. The van der Waals surface area contributed by atoms with Crippen LogP contribution in [-0.4, -0.2) is 208 Å². The maximum absolute atomic E-state index is 12.0. The van der Waals surface area contributed by atoms with E-state index in [9.17, 15) is 62.6 Å². The minimum absolute atomic E-state index is 0.179. The Labute approximate surface area is 705 Å². The van der Waals surface area contributed by atoms with Crippen LogP contribution in [0.1, 0.15) is 299 Å². The minimum atomic E-state index is -1.07. The second kappa shape index (κ2) is 58.7. The number of nitrogens with zero attached hydrogens (tertiary/aromatic N) is 1. The fourth-order valence-electron chi connectivity index (χ4n) is 10.0. The maximum atomic E-state index is 12.0. The van der Waals surface area contributed by atoms with Gasteiger partial charge in [-0.1, -0.05) is 96.9 Å². The largest absolute Gasteiger partial charge is 0.480 e. The third-order valence-corrected chi connectivity index (χ3v) is 14.4. The Balaban J connectivity index is -0.000000425. The van der Waals surface area contributed by atoms with Gasteiger partial charge in [0.25, 0.3) is 5.91 Å². The van der Waals surface area contributed by atoms with E-state index in [2.05, 4.69) is 81.4 Å². The molecule has 0 saturated carbocycles. The first kappa shape index (κ1) is 118. The van der Waals surface area contributed by atoms with Crippen molar-refractivity contribution in [3.63, 3.8) is 0 Å². The van der Waals surface area contributed by atoms with E-state index >= 15 is 0 Å². The standard InChI is InChI=1S/C15H27NO5.2C14H25NO4.C13H26N2O4.C11H21NO4.C11H21NO3.C6H13NO2/c1-7-19-20-9-8-13(17)12(10-11(2)3)16-14(18)21-15(4,5)6;2*1-9(2)8-10(11-6-7-12(16)18-11)15-13(17)19-14(3,4)5;1-9(2)8-10(11(16)15(6)18-7)14-12(17)19-13(3,4)5;1-7(2)6-8(9(13)14)12-10(15)16-11(3,4)5;1-8(2)6-9(7-13)12-10(14)15-11(3,4)5;1-4(2)3-5(7)6(8)9/h11-13,17H,7,10H2,1-6H3,(H,16,18);2*9-11H,6-8H2,1-5H3,(H,15,17);9-10H,8H2,1-7H3,(H,14,17);7-8H,6H2,1-5H3,(H,12,15)(H,13,14);7-9H,6H2,1-5H3,(H,12,14);4-5H,3,7H2,1-2H3,(H,8,9)/t12-,13?;10-,11?;10-,11-;10-;8-;9-;5-/m0000000/s1. The Kier molecular flexibility index (Phi) is 58.9. The molecule has 7 amide bonds. The highest BCUT2D eigenvalue weighted by molar-refractivity contribution is 5.85. The van der Waals surface area contributed by atoms with Crippen LogP contribution in [0.15, 0.2) is 0 Å². The van der Waals surface area contributed by atoms with Gasteiger partial charge in [-0.15, -0.1) is 0 Å². The molecule has 0 aromatic carbocycles. The highest BCUT2D eigenvalue weighted by Crippen LogP contribution is 2.25. The van der Waals surface area contributed by atoms with Gasteiger partial charge in [0.15, 0.2) is 6.11 Å². The van der Waals surface area contributed by atoms with Gasteiger partial charge in [-0.2, -0.15) is 4.89 Å². The van der Waals surface area contributed by atoms with E-state index in [1.807, 2.05) is 111 Å². The van der Waals surface area contributed by atoms with Gasteiger partial charge in [-0.3, -0.25) is 28.9 Å². The van der Waals surface area contributed by atoms with Crippen molar-refractivity contribution >= 4 is 72.6 Å². The molecule has 2 aliphatic rings. The molecule has 34 nitrogen and oxygen atoms in total. The number of ether oxygens (including phenoxy) is 8. The normalized spacial score (nSPS) is 16.0. The van der Waals surface area contributed by atoms with Gasteiger partial charge < -0.3 is 95.6 Å². The summed E-state index contributed by atoms with van der Waals surface area (Å²) in [7, 11) is 2.91. The molecule has 2 unspecified atom stereocenters. The molecule has 690 valence electrons. The fourth-order valence-corrected chi connectivity index (χ4v) is 10.0. The highest BCUT2D eigenvalue weighted by atomic mass is 17.2. The van der Waals surface area contributed by atoms with Crippen LogP contribution < -0.4 is 37.6 Å². The number of cyclic esters (lactones) is 2. The number of hydrogen-bond donors (Lipinski definition) is 10. The summed E-state index contributed by atoms with van der Waals surface area (Å²) in [6.45, 7) is 62.1. The molecular formula is C84H158N8O26. The summed E-state index contributed by atoms with van der Waals surface area (Å²) >= 11 is 0. The van der Waals surface area contributed by atoms with Crippen LogP contribution in [0.25, 0.3) is 0 Å². The average molecular weight is 1700 g/mol. The van der Waals surface area contributed by atoms with E-state index in [-0.39, 0.29) is 59.9 Å². The van der Waals surface area contributed by atoms with Crippen LogP contribution in [0, 0.1) is 53.5 Å². The average Bonchev–Trinajstić information content (AvgIpc) is 1.72. The molecule has 0 aromatic rings. The smallest absolute Gasteiger partial charge is 0.408 e. The summed E-state index contributed by atoms with van der Waals surface area (Å²) in [5.74, 6) is 2.08. The molecule has 0 aliphatic carbocycles. The summed E-state index contributed by atoms with van der Waals surface area (Å²) in [4.78, 5) is 150. The van der Waals surface area contributed by atoms with Crippen LogP contribution >= 0.6 is 0 Å². The van der Waals surface area contributed by atoms with E-state index < -0.39 is 118 Å². The number of alkyl carbamates (subject to hydrolysis) is 6. The lowest BCUT2D eigenvalue weighted by atomic mass is 9.97. The molecule has 0 spiro atoms. The molecule has 2 fully saturated rings. The molecule has 0 aromatic heterocycles. The molecule has 11 N–H and O–H groups in total. The predicted molar refractivity (Wildman–Crippen MR) is 449 cm³/mol. The van der Waals surface area contributed by atoms with Crippen molar-refractivity contribution in [1.29, 1.82) is 0 Å². The monoisotopic (exact) mass is 1700 g/mol. The van der Waals surface area contributed by atoms with Crippen LogP contribution in [0.2, 0.25) is 0 Å². The third-order valence-electron chi connectivity index (χ3n) is 14.4. The molecule has 34 heteroatoms. The van der Waals surface area contributed by atoms with Crippen molar-refractivity contribution in [2.45, 2.75) is 393 Å². The number of likely N-dealkylation sites (N-methyl/N-ethyl adjacent to an activating group) is 1. The first-order valence-corrected chi connectivity index (χ1v) is 40.8. The number of aldehydes is 1. The number of amides is 7. The number of aliphatic hydroxyl groups excluding tert-OH is 1. The van der Waals surface area contributed by atoms with Gasteiger partial charge in [0.1, 0.15) is 76.3 Å². The molecule has 2 heterocycles. The van der Waals surface area contributed by atoms with Crippen molar-refractivity contribution in [1.82, 2.24) is 37.0 Å². The van der Waals surface area contributed by atoms with Crippen LogP contribution in [0.4, 0.5) is 28.8 Å². The maximum Gasteiger partial charge on any atom is 0.408 e. The van der Waals surface area contributed by atoms with Crippen molar-refractivity contribution in [2.75, 3.05) is 20.8 Å². The molecule has 118 heavy (non-hydrogen) atoms. The number of carboxylic acid groups (broad SMARTS) is 2. The number of esters is 2. The molecule has 0 radical (unpaired) electrons. The summed E-state index contributed by atoms with van der Waals surface area (Å²) in [5, 5.41) is 44.1. The van der Waals surface area contributed by atoms with Crippen molar-refractivity contribution in [3.8, 4) is 12.0 Å². The quantitative estimate of drug-likeness (QED) is 0.00607. The number of hydrogen-bond acceptors (Lipinski definition) is 25. The van der Waals surface area contributed by atoms with Crippen molar-refractivity contribution < 1.29 is 125 Å². The van der Waals surface area contributed by atoms with Crippen molar-refractivity contribution in [3.05, 3.63) is 0 Å². The molecular weight excluding hydrogens is 1540 g/mol. The zero-order chi connectivity index (χ0) is 93.4. The number of hydroxylamine groups is 2. The predicted octanol–water partition coefficient (Wildman–Crippen LogP) is 14.0. The number of carbonyl (C=O) groups is 12. The van der Waals surface area contributed by atoms with Gasteiger partial charge >= 0.3 is 60.4 Å². The zero-order valence-corrected chi connectivity index (χ0v) is 78.1. The third kappa shape index (κ3) is 73.0. The number of aliphatic carboxylic acids is 2. The number of rotatable bonds is 30. The second-order valence-electron chi connectivity index (χ2n) is 37.6. The first-order valence-electron chi connectivity index (χ1n) is 40.8. The summed E-state index contributed by atoms with van der Waals surface area (Å²) in [5.41, 5.74) is 1.82. The molecule has 2 rings (SSSR count). The summed E-state index contributed by atoms with van der Waals surface area (Å²) < 4.78 is 41.3. The molecule has 2 aliphatic heterocycles. The van der Waals surface area contributed by atoms with E-state index in [4.69, 9.17) is 58.7 Å². The van der Waals surface area contributed by atoms with E-state index in [0.29, 0.717) is 88.1 Å². The number of carboxylic acids is 2. The van der Waals surface area contributed by atoms with E-state index in [1.165, 1.54) is 14.2 Å². The van der Waals surface area contributed by atoms with E-state index in [1.54, 1.807) is 90.0 Å². The minimum Gasteiger partial charge on any atom is -0.480 e. The Bertz CT molecular complexity index is 2930. The van der Waals surface area contributed by atoms with Gasteiger partial charge in [0.05, 0.1) is 37.9 Å². The zero-order valence-electron chi connectivity index (χ0n) is 78.1. The SMILES string of the molecule is CC(C)C[C@@H](C=O)NC(=O)OC(C)(C)C.CC(C)C[C@H](N)C(=O)O.CC(C)C[C@H](NC(=O)OC(C)(C)C)C(=O)O.CC(C)C[C@H](NC(=O)OC(C)(C)C)C1CCC(=O)O1.CC(C)C[C@H](NC(=O)OC(C)(C)C)[C@@H]1CCC(=O)O1.CCOOC#CC(O)[C@H](CC(C)C)NC(=O)OC(C)(C)C.CON(C)C(=O)[C@H](CC(C)C)NC(=O)OC(C)(C)C. The van der Waals surface area contributed by atoms with Crippen LogP contribution in [-0.2, 0) is 81.3 Å².